The lowest BCUT2D eigenvalue weighted by Gasteiger charge is -2.42. The number of carbonyl (C=O) groups excluding carboxylic acids is 2. The predicted octanol–water partition coefficient (Wildman–Crippen LogP) is 2.61. The van der Waals surface area contributed by atoms with Crippen molar-refractivity contribution in [1.29, 1.82) is 0 Å². The molecule has 23 heavy (non-hydrogen) atoms. The van der Waals surface area contributed by atoms with Crippen LogP contribution in [0, 0.1) is 12.8 Å². The average molecular weight is 313 g/mol. The number of carbonyl (C=O) groups is 2. The van der Waals surface area contributed by atoms with Crippen molar-refractivity contribution < 1.29 is 9.59 Å². The molecule has 3 amide bonds. The number of hydrogen-bond acceptors (Lipinski definition) is 2. The lowest BCUT2D eigenvalue weighted by atomic mass is 9.72. The first-order valence-corrected chi connectivity index (χ1v) is 8.54. The van der Waals surface area contributed by atoms with E-state index < -0.39 is 5.54 Å². The Morgan fingerprint density at radius 1 is 1.17 bits per heavy atom. The predicted molar refractivity (Wildman–Crippen MR) is 88.2 cm³/mol. The Labute approximate surface area is 136 Å². The minimum atomic E-state index is -0.568. The molecule has 0 atom stereocenters. The van der Waals surface area contributed by atoms with E-state index in [1.165, 1.54) is 0 Å². The molecular formula is C18H23N3O2. The molecule has 0 aromatic heterocycles. The second-order valence-corrected chi connectivity index (χ2v) is 7.16. The van der Waals surface area contributed by atoms with Crippen molar-refractivity contribution in [2.45, 2.75) is 38.1 Å². The molecule has 0 radical (unpaired) electrons. The fraction of sp³-hybridized carbons (Fsp3) is 0.556. The summed E-state index contributed by atoms with van der Waals surface area (Å²) in [6, 6.07) is 7.62. The van der Waals surface area contributed by atoms with Crippen LogP contribution in [-0.2, 0) is 4.79 Å². The van der Waals surface area contributed by atoms with Crippen LogP contribution in [0.2, 0.25) is 0 Å². The van der Waals surface area contributed by atoms with Gasteiger partial charge < -0.3 is 15.1 Å². The van der Waals surface area contributed by atoms with E-state index >= 15 is 0 Å². The third-order valence-electron chi connectivity index (χ3n) is 5.63. The molecule has 3 saturated heterocycles. The number of rotatable bonds is 2. The second kappa shape index (κ2) is 5.25. The number of amides is 3. The number of hydrogen-bond donors (Lipinski definition) is 1. The summed E-state index contributed by atoms with van der Waals surface area (Å²) in [4.78, 5) is 29.5. The Morgan fingerprint density at radius 2 is 1.87 bits per heavy atom. The maximum atomic E-state index is 12.9. The Hall–Kier alpha value is -2.04. The third kappa shape index (κ3) is 2.21. The topological polar surface area (TPSA) is 52.7 Å². The first-order valence-electron chi connectivity index (χ1n) is 8.54. The fourth-order valence-corrected chi connectivity index (χ4v) is 4.36. The molecule has 5 nitrogen and oxygen atoms in total. The molecule has 122 valence electrons. The van der Waals surface area contributed by atoms with Crippen LogP contribution < -0.4 is 5.32 Å². The van der Waals surface area contributed by atoms with Crippen molar-refractivity contribution in [3.63, 3.8) is 0 Å². The van der Waals surface area contributed by atoms with Gasteiger partial charge in [-0.15, -0.1) is 0 Å². The highest BCUT2D eigenvalue weighted by Crippen LogP contribution is 2.51. The normalized spacial score (nSPS) is 28.7. The summed E-state index contributed by atoms with van der Waals surface area (Å²) >= 11 is 0. The first kappa shape index (κ1) is 14.5. The summed E-state index contributed by atoms with van der Waals surface area (Å²) in [6.45, 7) is 4.37. The van der Waals surface area contributed by atoms with Crippen molar-refractivity contribution in [3.05, 3.63) is 29.8 Å². The minimum absolute atomic E-state index is 0.133. The second-order valence-electron chi connectivity index (χ2n) is 7.16. The van der Waals surface area contributed by atoms with E-state index in [9.17, 15) is 9.59 Å². The van der Waals surface area contributed by atoms with Crippen LogP contribution in [0.15, 0.2) is 24.3 Å². The summed E-state index contributed by atoms with van der Waals surface area (Å²) in [5.74, 6) is 0.660. The van der Waals surface area contributed by atoms with Crippen LogP contribution >= 0.6 is 0 Å². The van der Waals surface area contributed by atoms with Gasteiger partial charge in [0.15, 0.2) is 0 Å². The smallest absolute Gasteiger partial charge is 0.322 e. The van der Waals surface area contributed by atoms with E-state index in [4.69, 9.17) is 0 Å². The number of aryl methyl sites for hydroxylation is 1. The fourth-order valence-electron chi connectivity index (χ4n) is 4.36. The van der Waals surface area contributed by atoms with Crippen LogP contribution in [0.4, 0.5) is 10.5 Å². The first-order chi connectivity index (χ1) is 11.1. The zero-order chi connectivity index (χ0) is 16.0. The molecule has 5 heteroatoms. The molecule has 2 bridgehead atoms. The highest BCUT2D eigenvalue weighted by atomic mass is 16.2. The maximum absolute atomic E-state index is 12.9. The van der Waals surface area contributed by atoms with Gasteiger partial charge in [0.1, 0.15) is 5.54 Å². The zero-order valence-corrected chi connectivity index (χ0v) is 13.5. The summed E-state index contributed by atoms with van der Waals surface area (Å²) in [5.41, 5.74) is 1.29. The van der Waals surface area contributed by atoms with E-state index in [0.29, 0.717) is 12.5 Å². The van der Waals surface area contributed by atoms with E-state index in [0.717, 1.165) is 50.0 Å². The van der Waals surface area contributed by atoms with Crippen LogP contribution in [-0.4, -0.2) is 46.9 Å². The number of anilines is 1. The van der Waals surface area contributed by atoms with Crippen molar-refractivity contribution in [2.24, 2.45) is 5.92 Å². The van der Waals surface area contributed by atoms with Crippen molar-refractivity contribution >= 4 is 17.6 Å². The van der Waals surface area contributed by atoms with Gasteiger partial charge in [-0.05, 0) is 50.2 Å². The zero-order valence-electron chi connectivity index (χ0n) is 13.5. The van der Waals surface area contributed by atoms with Gasteiger partial charge in [0, 0.05) is 25.3 Å². The van der Waals surface area contributed by atoms with Gasteiger partial charge >= 0.3 is 6.03 Å². The van der Waals surface area contributed by atoms with Crippen molar-refractivity contribution in [2.75, 3.05) is 25.0 Å². The summed E-state index contributed by atoms with van der Waals surface area (Å²) in [6.07, 6.45) is 3.84. The molecule has 0 spiro atoms. The lowest BCUT2D eigenvalue weighted by molar-refractivity contribution is -0.143. The molecule has 1 aromatic rings. The highest BCUT2D eigenvalue weighted by molar-refractivity contribution is 5.98. The van der Waals surface area contributed by atoms with Crippen molar-refractivity contribution in [3.8, 4) is 0 Å². The summed E-state index contributed by atoms with van der Waals surface area (Å²) in [5, 5.41) is 3.00. The number of nitrogens with one attached hydrogen (secondary N) is 1. The van der Waals surface area contributed by atoms with Gasteiger partial charge in [-0.2, -0.15) is 0 Å². The standard InChI is InChI=1S/C18H23N3O2/c1-13-6-2-3-7-15(13)19-17(23)21-12-14-10-18(21,11-14)16(22)20-8-4-5-9-20/h2-3,6-7,14H,4-5,8-12H2,1H3,(H,19,23). The molecule has 0 unspecified atom stereocenters. The molecule has 4 fully saturated rings. The molecule has 3 heterocycles. The van der Waals surface area contributed by atoms with Gasteiger partial charge in [-0.25, -0.2) is 4.79 Å². The van der Waals surface area contributed by atoms with Gasteiger partial charge in [0.05, 0.1) is 0 Å². The number of nitrogens with zero attached hydrogens (tertiary/aromatic N) is 2. The highest BCUT2D eigenvalue weighted by Gasteiger charge is 2.63. The van der Waals surface area contributed by atoms with Crippen molar-refractivity contribution in [1.82, 2.24) is 9.80 Å². The van der Waals surface area contributed by atoms with Crippen LogP contribution in [0.3, 0.4) is 0 Å². The average Bonchev–Trinajstić information content (AvgIpc) is 3.22. The maximum Gasteiger partial charge on any atom is 0.322 e. The van der Waals surface area contributed by atoms with E-state index in [-0.39, 0.29) is 11.9 Å². The molecule has 5 rings (SSSR count). The molecule has 1 saturated carbocycles. The Balaban J connectivity index is 1.53. The summed E-state index contributed by atoms with van der Waals surface area (Å²) in [7, 11) is 0. The largest absolute Gasteiger partial charge is 0.341 e. The number of likely N-dealkylation sites (tertiary alicyclic amines) is 1. The molecule has 1 aromatic carbocycles. The monoisotopic (exact) mass is 313 g/mol. The van der Waals surface area contributed by atoms with E-state index in [1.54, 1.807) is 4.90 Å². The van der Waals surface area contributed by atoms with E-state index in [1.807, 2.05) is 36.1 Å². The van der Waals surface area contributed by atoms with Crippen LogP contribution in [0.1, 0.15) is 31.2 Å². The lowest BCUT2D eigenvalue weighted by Crippen LogP contribution is -2.60. The van der Waals surface area contributed by atoms with Gasteiger partial charge in [0.25, 0.3) is 0 Å². The number of fused-ring (bicyclic) bond motifs is 1. The van der Waals surface area contributed by atoms with Gasteiger partial charge in [0.2, 0.25) is 5.91 Å². The Bertz CT molecular complexity index is 645. The molecule has 1 N–H and O–H groups in total. The molecule has 1 aliphatic carbocycles. The van der Waals surface area contributed by atoms with Crippen LogP contribution in [0.5, 0.6) is 0 Å². The van der Waals surface area contributed by atoms with Crippen LogP contribution in [0.25, 0.3) is 0 Å². The number of urea groups is 1. The molecular weight excluding hydrogens is 290 g/mol. The van der Waals surface area contributed by atoms with Gasteiger partial charge in [-0.3, -0.25) is 4.79 Å². The Morgan fingerprint density at radius 3 is 2.57 bits per heavy atom. The third-order valence-corrected chi connectivity index (χ3v) is 5.63. The molecule has 4 aliphatic rings. The molecule has 3 aliphatic heterocycles. The number of benzene rings is 1. The quantitative estimate of drug-likeness (QED) is 0.912. The van der Waals surface area contributed by atoms with Gasteiger partial charge in [-0.1, -0.05) is 18.2 Å². The summed E-state index contributed by atoms with van der Waals surface area (Å²) < 4.78 is 0. The van der Waals surface area contributed by atoms with E-state index in [2.05, 4.69) is 5.32 Å². The number of para-hydroxylation sites is 1. The SMILES string of the molecule is Cc1ccccc1NC(=O)N1CC2CC1(C(=O)N1CCCC1)C2. The Kier molecular flexibility index (Phi) is 3.32. The minimum Gasteiger partial charge on any atom is -0.341 e.